The van der Waals surface area contributed by atoms with Crippen molar-refractivity contribution in [1.29, 1.82) is 0 Å². The lowest BCUT2D eigenvalue weighted by Gasteiger charge is -2.03. The van der Waals surface area contributed by atoms with Gasteiger partial charge in [-0.2, -0.15) is 0 Å². The highest BCUT2D eigenvalue weighted by atomic mass is 79.9. The van der Waals surface area contributed by atoms with Crippen LogP contribution in [0.3, 0.4) is 0 Å². The summed E-state index contributed by atoms with van der Waals surface area (Å²) in [4.78, 5) is 13.6. The van der Waals surface area contributed by atoms with Crippen molar-refractivity contribution in [2.45, 2.75) is 6.43 Å². The second-order valence-electron chi connectivity index (χ2n) is 2.20. The van der Waals surface area contributed by atoms with Gasteiger partial charge in [0.1, 0.15) is 0 Å². The summed E-state index contributed by atoms with van der Waals surface area (Å²) in [5.74, 6) is -2.52. The van der Waals surface area contributed by atoms with Crippen LogP contribution in [-0.4, -0.2) is 21.2 Å². The monoisotopic (exact) mass is 269 g/mol. The first-order valence-electron chi connectivity index (χ1n) is 3.23. The van der Waals surface area contributed by atoms with Gasteiger partial charge >= 0.3 is 5.97 Å². The zero-order chi connectivity index (χ0) is 10.0. The Balaban J connectivity index is 0.00000169. The summed E-state index contributed by atoms with van der Waals surface area (Å²) in [6.45, 7) is 0. The van der Waals surface area contributed by atoms with E-state index in [0.717, 1.165) is 12.3 Å². The Morgan fingerprint density at radius 2 is 2.07 bits per heavy atom. The second-order valence-corrected chi connectivity index (χ2v) is 2.20. The van der Waals surface area contributed by atoms with Gasteiger partial charge in [0.2, 0.25) is 0 Å². The molecule has 0 aliphatic rings. The van der Waals surface area contributed by atoms with Gasteiger partial charge in [0.25, 0.3) is 6.43 Å². The molecule has 0 aromatic carbocycles. The van der Waals surface area contributed by atoms with Crippen molar-refractivity contribution in [2.75, 3.05) is 0 Å². The third kappa shape index (κ3) is 2.38. The van der Waals surface area contributed by atoms with Gasteiger partial charge in [0.15, 0.2) is 11.4 Å². The van der Waals surface area contributed by atoms with Crippen LogP contribution in [0.25, 0.3) is 0 Å². The van der Waals surface area contributed by atoms with Crippen LogP contribution >= 0.6 is 17.0 Å². The molecule has 0 amide bonds. The van der Waals surface area contributed by atoms with E-state index in [2.05, 4.69) is 4.98 Å². The fourth-order valence-electron chi connectivity index (χ4n) is 0.801. The van der Waals surface area contributed by atoms with Crippen LogP contribution in [0.1, 0.15) is 22.5 Å². The van der Waals surface area contributed by atoms with Gasteiger partial charge in [0.05, 0.1) is 5.56 Å². The molecule has 0 radical (unpaired) electrons. The van der Waals surface area contributed by atoms with Gasteiger partial charge < -0.3 is 10.2 Å². The largest absolute Gasteiger partial charge is 0.505 e. The van der Waals surface area contributed by atoms with Crippen molar-refractivity contribution in [3.8, 4) is 5.75 Å². The Morgan fingerprint density at radius 3 is 2.50 bits per heavy atom. The number of hydrogen-bond donors (Lipinski definition) is 2. The molecule has 0 saturated carbocycles. The van der Waals surface area contributed by atoms with Gasteiger partial charge in [0, 0.05) is 6.20 Å². The lowest BCUT2D eigenvalue weighted by atomic mass is 10.2. The third-order valence-electron chi connectivity index (χ3n) is 1.39. The molecule has 7 heteroatoms. The summed E-state index contributed by atoms with van der Waals surface area (Å²) in [6, 6.07) is 0.867. The summed E-state index contributed by atoms with van der Waals surface area (Å²) in [5.41, 5.74) is -1.50. The number of carbonyl (C=O) groups is 1. The zero-order valence-corrected chi connectivity index (χ0v) is 8.36. The van der Waals surface area contributed by atoms with Crippen molar-refractivity contribution >= 4 is 23.0 Å². The van der Waals surface area contributed by atoms with E-state index in [1.165, 1.54) is 0 Å². The molecule has 1 heterocycles. The number of alkyl halides is 2. The van der Waals surface area contributed by atoms with E-state index >= 15 is 0 Å². The van der Waals surface area contributed by atoms with E-state index in [1.807, 2.05) is 0 Å². The van der Waals surface area contributed by atoms with E-state index in [4.69, 9.17) is 10.2 Å². The number of aromatic nitrogens is 1. The van der Waals surface area contributed by atoms with Crippen molar-refractivity contribution in [3.05, 3.63) is 23.5 Å². The quantitative estimate of drug-likeness (QED) is 0.862. The van der Waals surface area contributed by atoms with Gasteiger partial charge in [-0.3, -0.25) is 0 Å². The number of carboxylic acid groups (broad SMARTS) is 1. The van der Waals surface area contributed by atoms with Crippen LogP contribution < -0.4 is 0 Å². The van der Waals surface area contributed by atoms with Gasteiger partial charge in [-0.05, 0) is 6.07 Å². The molecule has 0 aliphatic carbocycles. The molecule has 0 spiro atoms. The lowest BCUT2D eigenvalue weighted by Crippen LogP contribution is -2.02. The number of hydrogen-bond acceptors (Lipinski definition) is 3. The minimum atomic E-state index is -2.92. The molecule has 0 aliphatic heterocycles. The van der Waals surface area contributed by atoms with Gasteiger partial charge in [-0.1, -0.05) is 0 Å². The molecule has 1 aromatic heterocycles. The normalized spacial score (nSPS) is 9.64. The number of nitrogens with zero attached hydrogens (tertiary/aromatic N) is 1. The first-order chi connectivity index (χ1) is 6.04. The summed E-state index contributed by atoms with van der Waals surface area (Å²) >= 11 is 0. The molecule has 2 N–H and O–H groups in total. The summed E-state index contributed by atoms with van der Waals surface area (Å²) in [7, 11) is 0. The highest BCUT2D eigenvalue weighted by molar-refractivity contribution is 8.93. The fourth-order valence-corrected chi connectivity index (χ4v) is 0.801. The van der Waals surface area contributed by atoms with Crippen molar-refractivity contribution in [1.82, 2.24) is 4.98 Å². The smallest absolute Gasteiger partial charge is 0.358 e. The standard InChI is InChI=1S/C7H5F2NO3.BrH/c8-6(9)3-1-2-10-4(5(3)11)7(12)13;/h1-2,6,11H,(H,12,13);1H. The van der Waals surface area contributed by atoms with E-state index in [9.17, 15) is 13.6 Å². The second kappa shape index (κ2) is 4.85. The van der Waals surface area contributed by atoms with E-state index in [-0.39, 0.29) is 17.0 Å². The molecule has 0 bridgehead atoms. The van der Waals surface area contributed by atoms with E-state index in [1.54, 1.807) is 0 Å². The molecule has 14 heavy (non-hydrogen) atoms. The fraction of sp³-hybridized carbons (Fsp3) is 0.143. The van der Waals surface area contributed by atoms with E-state index in [0.29, 0.717) is 0 Å². The Hall–Kier alpha value is -1.24. The number of aromatic carboxylic acids is 1. The highest BCUT2D eigenvalue weighted by Gasteiger charge is 2.19. The van der Waals surface area contributed by atoms with Crippen LogP contribution in [0.4, 0.5) is 8.78 Å². The summed E-state index contributed by atoms with van der Waals surface area (Å²) in [6.07, 6.45) is -2.01. The Morgan fingerprint density at radius 1 is 1.50 bits per heavy atom. The topological polar surface area (TPSA) is 70.4 Å². The van der Waals surface area contributed by atoms with Crippen LogP contribution in [0.2, 0.25) is 0 Å². The zero-order valence-electron chi connectivity index (χ0n) is 6.65. The molecule has 78 valence electrons. The van der Waals surface area contributed by atoms with Gasteiger partial charge in [-0.15, -0.1) is 17.0 Å². The number of aromatic hydroxyl groups is 1. The van der Waals surface area contributed by atoms with Crippen LogP contribution in [0.15, 0.2) is 12.3 Å². The maximum absolute atomic E-state index is 12.1. The molecule has 1 aromatic rings. The Bertz CT molecular complexity index is 346. The van der Waals surface area contributed by atoms with Crippen molar-refractivity contribution < 1.29 is 23.8 Å². The minimum Gasteiger partial charge on any atom is -0.505 e. The molecular formula is C7H6BrF2NO3. The predicted octanol–water partition coefficient (Wildman–Crippen LogP) is 2.00. The van der Waals surface area contributed by atoms with Crippen LogP contribution in [0, 0.1) is 0 Å². The molecular weight excluding hydrogens is 264 g/mol. The summed E-state index contributed by atoms with van der Waals surface area (Å²) < 4.78 is 24.2. The predicted molar refractivity (Wildman–Crippen MR) is 48.1 cm³/mol. The third-order valence-corrected chi connectivity index (χ3v) is 1.39. The molecule has 0 fully saturated rings. The number of rotatable bonds is 2. The average molecular weight is 270 g/mol. The Labute approximate surface area is 88.0 Å². The molecule has 4 nitrogen and oxygen atoms in total. The number of pyridine rings is 1. The van der Waals surface area contributed by atoms with E-state index < -0.39 is 29.4 Å². The van der Waals surface area contributed by atoms with Crippen LogP contribution in [-0.2, 0) is 0 Å². The maximum atomic E-state index is 12.1. The number of carboxylic acids is 1. The lowest BCUT2D eigenvalue weighted by molar-refractivity contribution is 0.0685. The first kappa shape index (κ1) is 12.8. The molecule has 0 unspecified atom stereocenters. The SMILES string of the molecule is Br.O=C(O)c1nccc(C(F)F)c1O. The molecule has 1 rings (SSSR count). The first-order valence-corrected chi connectivity index (χ1v) is 3.23. The Kier molecular flexibility index (Phi) is 4.42. The van der Waals surface area contributed by atoms with Crippen molar-refractivity contribution in [2.24, 2.45) is 0 Å². The number of halogens is 3. The highest BCUT2D eigenvalue weighted by Crippen LogP contribution is 2.29. The van der Waals surface area contributed by atoms with Crippen LogP contribution in [0.5, 0.6) is 5.75 Å². The summed E-state index contributed by atoms with van der Waals surface area (Å²) in [5, 5.41) is 17.4. The average Bonchev–Trinajstić information content (AvgIpc) is 2.03. The minimum absolute atomic E-state index is 0. The van der Waals surface area contributed by atoms with Gasteiger partial charge in [-0.25, -0.2) is 18.6 Å². The van der Waals surface area contributed by atoms with Crippen molar-refractivity contribution in [3.63, 3.8) is 0 Å². The maximum Gasteiger partial charge on any atom is 0.358 e. The molecule has 0 saturated heterocycles. The molecule has 0 atom stereocenters.